The number of carbonyl (C=O) groups is 2. The van der Waals surface area contributed by atoms with Gasteiger partial charge in [-0.2, -0.15) is 0 Å². The highest BCUT2D eigenvalue weighted by atomic mass is 16.6. The Bertz CT molecular complexity index is 1110. The Hall–Kier alpha value is -3.52. The fraction of sp³-hybridized carbons (Fsp3) is 0.310. The summed E-state index contributed by atoms with van der Waals surface area (Å²) >= 11 is 0. The predicted octanol–water partition coefficient (Wildman–Crippen LogP) is 3.18. The second-order valence-electron chi connectivity index (χ2n) is 9.02. The Morgan fingerprint density at radius 3 is 2.11 bits per heavy atom. The first kappa shape index (κ1) is 25.6. The number of amides is 1. The number of aliphatic hydroxyl groups is 1. The van der Waals surface area contributed by atoms with Gasteiger partial charge >= 0.3 is 5.97 Å². The van der Waals surface area contributed by atoms with Gasteiger partial charge in [-0.1, -0.05) is 78.9 Å². The van der Waals surface area contributed by atoms with Crippen molar-refractivity contribution in [3.8, 4) is 0 Å². The molecule has 0 aromatic heterocycles. The van der Waals surface area contributed by atoms with Gasteiger partial charge in [0.1, 0.15) is 6.10 Å². The van der Waals surface area contributed by atoms with Crippen molar-refractivity contribution in [3.63, 3.8) is 0 Å². The van der Waals surface area contributed by atoms with Gasteiger partial charge in [0.2, 0.25) is 5.91 Å². The first-order chi connectivity index (χ1) is 17.5. The quantitative estimate of drug-likeness (QED) is 0.450. The van der Waals surface area contributed by atoms with Crippen LogP contribution in [0.4, 0.5) is 0 Å². The third kappa shape index (κ3) is 6.79. The second-order valence-corrected chi connectivity index (χ2v) is 9.02. The molecule has 0 spiro atoms. The molecule has 1 amide bonds. The van der Waals surface area contributed by atoms with E-state index in [9.17, 15) is 14.7 Å². The third-order valence-electron chi connectivity index (χ3n) is 6.30. The molecule has 1 saturated heterocycles. The van der Waals surface area contributed by atoms with Crippen LogP contribution in [-0.4, -0.2) is 59.3 Å². The lowest BCUT2D eigenvalue weighted by atomic mass is 9.91. The Labute approximate surface area is 211 Å². The Morgan fingerprint density at radius 1 is 0.917 bits per heavy atom. The maximum atomic E-state index is 12.9. The van der Waals surface area contributed by atoms with Gasteiger partial charge in [-0.25, -0.2) is 4.79 Å². The van der Waals surface area contributed by atoms with Crippen LogP contribution in [-0.2, 0) is 27.4 Å². The molecule has 1 aliphatic rings. The number of esters is 1. The summed E-state index contributed by atoms with van der Waals surface area (Å²) in [7, 11) is 0. The lowest BCUT2D eigenvalue weighted by molar-refractivity contribution is -0.134. The first-order valence-electron chi connectivity index (χ1n) is 12.1. The molecular weight excluding hydrogens is 456 g/mol. The van der Waals surface area contributed by atoms with Crippen molar-refractivity contribution in [1.82, 2.24) is 10.2 Å². The molecule has 1 fully saturated rings. The molecule has 1 aliphatic heterocycles. The van der Waals surface area contributed by atoms with Crippen molar-refractivity contribution < 1.29 is 24.2 Å². The van der Waals surface area contributed by atoms with Crippen LogP contribution in [0.1, 0.15) is 28.4 Å². The van der Waals surface area contributed by atoms with Crippen molar-refractivity contribution in [2.45, 2.75) is 44.4 Å². The lowest BCUT2D eigenvalue weighted by Gasteiger charge is -2.46. The van der Waals surface area contributed by atoms with E-state index >= 15 is 0 Å². The highest BCUT2D eigenvalue weighted by molar-refractivity contribution is 5.89. The maximum absolute atomic E-state index is 12.9. The number of nitrogens with one attached hydrogen (secondary N) is 1. The minimum atomic E-state index is -1.08. The van der Waals surface area contributed by atoms with E-state index in [1.807, 2.05) is 66.7 Å². The van der Waals surface area contributed by atoms with E-state index < -0.39 is 30.3 Å². The molecule has 0 radical (unpaired) electrons. The third-order valence-corrected chi connectivity index (χ3v) is 6.30. The van der Waals surface area contributed by atoms with Crippen LogP contribution in [0.15, 0.2) is 91.0 Å². The highest BCUT2D eigenvalue weighted by Crippen LogP contribution is 2.25. The number of carbonyl (C=O) groups excluding carboxylic acids is 2. The number of aliphatic hydroxyl groups excluding tert-OH is 1. The fourth-order valence-electron chi connectivity index (χ4n) is 4.55. The number of ether oxygens (including phenoxy) is 2. The summed E-state index contributed by atoms with van der Waals surface area (Å²) in [6, 6.07) is 27.3. The molecule has 0 aliphatic carbocycles. The second kappa shape index (κ2) is 12.4. The minimum absolute atomic E-state index is 0.231. The molecule has 3 aromatic rings. The first-order valence-corrected chi connectivity index (χ1v) is 12.1. The molecule has 7 heteroatoms. The summed E-state index contributed by atoms with van der Waals surface area (Å²) in [4.78, 5) is 27.0. The summed E-state index contributed by atoms with van der Waals surface area (Å²) in [5, 5.41) is 14.4. The predicted molar refractivity (Wildman–Crippen MR) is 136 cm³/mol. The van der Waals surface area contributed by atoms with Gasteiger partial charge in [0.05, 0.1) is 30.9 Å². The summed E-state index contributed by atoms with van der Waals surface area (Å²) < 4.78 is 11.8. The molecule has 3 aromatic carbocycles. The molecule has 0 bridgehead atoms. The van der Waals surface area contributed by atoms with Gasteiger partial charge in [-0.05, 0) is 23.3 Å². The largest absolute Gasteiger partial charge is 0.454 e. The van der Waals surface area contributed by atoms with Crippen molar-refractivity contribution in [1.29, 1.82) is 0 Å². The van der Waals surface area contributed by atoms with Gasteiger partial charge in [-0.3, -0.25) is 9.69 Å². The minimum Gasteiger partial charge on any atom is -0.454 e. The summed E-state index contributed by atoms with van der Waals surface area (Å²) in [6.45, 7) is 2.98. The topological polar surface area (TPSA) is 88.1 Å². The maximum Gasteiger partial charge on any atom is 0.338 e. The molecule has 0 saturated carbocycles. The zero-order valence-electron chi connectivity index (χ0n) is 20.3. The standard InChI is InChI=1S/C29H32N2O5/c1-21(32)30-25-18-31(17-22-11-5-2-6-12-22)26(20-35-19-23-13-7-3-8-14-23)27(33)28(25)36-29(34)24-15-9-4-10-16-24/h2-16,25-28,33H,17-20H2,1H3,(H,30,32). The van der Waals surface area contributed by atoms with Crippen LogP contribution in [0.5, 0.6) is 0 Å². The molecular formula is C29H32N2O5. The molecule has 188 valence electrons. The molecule has 36 heavy (non-hydrogen) atoms. The van der Waals surface area contributed by atoms with Crippen LogP contribution < -0.4 is 5.32 Å². The van der Waals surface area contributed by atoms with E-state index in [2.05, 4.69) is 10.2 Å². The normalized spacial score (nSPS) is 22.1. The summed E-state index contributed by atoms with van der Waals surface area (Å²) in [6.07, 6.45) is -2.01. The number of benzene rings is 3. The molecule has 1 heterocycles. The fourth-order valence-corrected chi connectivity index (χ4v) is 4.55. The lowest BCUT2D eigenvalue weighted by Crippen LogP contribution is -2.67. The van der Waals surface area contributed by atoms with Crippen LogP contribution in [0.25, 0.3) is 0 Å². The number of rotatable bonds is 9. The van der Waals surface area contributed by atoms with Gasteiger partial charge in [0.25, 0.3) is 0 Å². The number of hydrogen-bond acceptors (Lipinski definition) is 6. The van der Waals surface area contributed by atoms with E-state index in [1.54, 1.807) is 24.3 Å². The molecule has 4 atom stereocenters. The van der Waals surface area contributed by atoms with Gasteiger partial charge in [0, 0.05) is 20.0 Å². The van der Waals surface area contributed by atoms with Crippen molar-refractivity contribution in [2.75, 3.05) is 13.2 Å². The monoisotopic (exact) mass is 488 g/mol. The van der Waals surface area contributed by atoms with Crippen LogP contribution in [0.2, 0.25) is 0 Å². The average molecular weight is 489 g/mol. The number of likely N-dealkylation sites (tertiary alicyclic amines) is 1. The average Bonchev–Trinajstić information content (AvgIpc) is 2.89. The Morgan fingerprint density at radius 2 is 1.50 bits per heavy atom. The van der Waals surface area contributed by atoms with Crippen LogP contribution >= 0.6 is 0 Å². The van der Waals surface area contributed by atoms with Crippen molar-refractivity contribution in [3.05, 3.63) is 108 Å². The summed E-state index contributed by atoms with van der Waals surface area (Å²) in [5.74, 6) is -0.804. The van der Waals surface area contributed by atoms with Gasteiger partial charge in [-0.15, -0.1) is 0 Å². The van der Waals surface area contributed by atoms with E-state index in [4.69, 9.17) is 9.47 Å². The Kier molecular flexibility index (Phi) is 8.84. The van der Waals surface area contributed by atoms with Crippen LogP contribution in [0, 0.1) is 0 Å². The van der Waals surface area contributed by atoms with Crippen molar-refractivity contribution >= 4 is 11.9 Å². The smallest absolute Gasteiger partial charge is 0.338 e. The molecule has 4 rings (SSSR count). The molecule has 4 unspecified atom stereocenters. The zero-order chi connectivity index (χ0) is 25.3. The SMILES string of the molecule is CC(=O)NC1CN(Cc2ccccc2)C(COCc2ccccc2)C(O)C1OC(=O)c1ccccc1. The van der Waals surface area contributed by atoms with Crippen LogP contribution in [0.3, 0.4) is 0 Å². The highest BCUT2D eigenvalue weighted by Gasteiger charge is 2.45. The number of hydrogen-bond donors (Lipinski definition) is 2. The number of nitrogens with zero attached hydrogens (tertiary/aromatic N) is 1. The molecule has 2 N–H and O–H groups in total. The Balaban J connectivity index is 1.55. The van der Waals surface area contributed by atoms with E-state index in [0.717, 1.165) is 11.1 Å². The van der Waals surface area contributed by atoms with Crippen molar-refractivity contribution in [2.24, 2.45) is 0 Å². The van der Waals surface area contributed by atoms with E-state index in [1.165, 1.54) is 6.92 Å². The summed E-state index contributed by atoms with van der Waals surface area (Å²) in [5.41, 5.74) is 2.48. The number of piperidine rings is 1. The van der Waals surface area contributed by atoms with E-state index in [0.29, 0.717) is 25.3 Å². The molecule has 7 nitrogen and oxygen atoms in total. The van der Waals surface area contributed by atoms with Gasteiger partial charge in [0.15, 0.2) is 6.10 Å². The van der Waals surface area contributed by atoms with Gasteiger partial charge < -0.3 is 19.9 Å². The van der Waals surface area contributed by atoms with E-state index in [-0.39, 0.29) is 12.5 Å². The zero-order valence-corrected chi connectivity index (χ0v) is 20.3.